The molecule has 1 aromatic carbocycles. The number of likely N-dealkylation sites (tertiary alicyclic amines) is 1. The second-order valence-electron chi connectivity index (χ2n) is 5.22. The average Bonchev–Trinajstić information content (AvgIpc) is 2.75. The Morgan fingerprint density at radius 2 is 1.86 bits per heavy atom. The summed E-state index contributed by atoms with van der Waals surface area (Å²) in [6.45, 7) is 3.12. The number of carbonyl (C=O) groups excluding carboxylic acids is 1. The summed E-state index contributed by atoms with van der Waals surface area (Å²) in [6.07, 6.45) is 3.57. The van der Waals surface area contributed by atoms with Crippen LogP contribution in [0.2, 0.25) is 0 Å². The highest BCUT2D eigenvalue weighted by Gasteiger charge is 2.25. The summed E-state index contributed by atoms with van der Waals surface area (Å²) in [5.74, 6) is 0.0354. The molecular formula is C15H20N2O4. The monoisotopic (exact) mass is 292 g/mol. The van der Waals surface area contributed by atoms with Crippen molar-refractivity contribution in [3.05, 3.63) is 34.4 Å². The molecule has 1 fully saturated rings. The first kappa shape index (κ1) is 15.3. The number of rotatable bonds is 4. The SMILES string of the molecule is C[C@H](Oc1ccccc1[N+](=O)[O-])C(=O)N1CCCCCC1. The Morgan fingerprint density at radius 1 is 1.24 bits per heavy atom. The van der Waals surface area contributed by atoms with Crippen molar-refractivity contribution in [2.75, 3.05) is 13.1 Å². The van der Waals surface area contributed by atoms with E-state index in [1.54, 1.807) is 24.0 Å². The lowest BCUT2D eigenvalue weighted by Gasteiger charge is -2.24. The number of amides is 1. The van der Waals surface area contributed by atoms with Gasteiger partial charge < -0.3 is 9.64 Å². The Kier molecular flexibility index (Phi) is 5.14. The minimum atomic E-state index is -0.718. The smallest absolute Gasteiger partial charge is 0.310 e. The van der Waals surface area contributed by atoms with Crippen molar-refractivity contribution in [1.82, 2.24) is 4.90 Å². The van der Waals surface area contributed by atoms with Gasteiger partial charge in [-0.05, 0) is 25.8 Å². The molecule has 6 nitrogen and oxygen atoms in total. The summed E-state index contributed by atoms with van der Waals surface area (Å²) in [6, 6.07) is 6.13. The molecule has 0 aromatic heterocycles. The lowest BCUT2D eigenvalue weighted by Crippen LogP contribution is -2.41. The molecule has 1 aliphatic rings. The van der Waals surface area contributed by atoms with E-state index >= 15 is 0 Å². The first-order valence-electron chi connectivity index (χ1n) is 7.28. The number of para-hydroxylation sites is 2. The van der Waals surface area contributed by atoms with E-state index in [1.165, 1.54) is 12.1 Å². The molecule has 1 atom stereocenters. The molecule has 1 aliphatic heterocycles. The second-order valence-corrected chi connectivity index (χ2v) is 5.22. The van der Waals surface area contributed by atoms with E-state index < -0.39 is 11.0 Å². The molecule has 0 unspecified atom stereocenters. The van der Waals surface area contributed by atoms with E-state index in [-0.39, 0.29) is 17.3 Å². The van der Waals surface area contributed by atoms with Crippen LogP contribution in [0.5, 0.6) is 5.75 Å². The quantitative estimate of drug-likeness (QED) is 0.632. The van der Waals surface area contributed by atoms with E-state index in [4.69, 9.17) is 4.74 Å². The number of nitrogens with zero attached hydrogens (tertiary/aromatic N) is 2. The number of hydrogen-bond acceptors (Lipinski definition) is 4. The molecule has 0 N–H and O–H groups in total. The van der Waals surface area contributed by atoms with Crippen LogP contribution in [-0.4, -0.2) is 34.9 Å². The van der Waals surface area contributed by atoms with Gasteiger partial charge in [0.25, 0.3) is 5.91 Å². The van der Waals surface area contributed by atoms with Gasteiger partial charge in [0.05, 0.1) is 4.92 Å². The van der Waals surface area contributed by atoms with Crippen LogP contribution in [0.1, 0.15) is 32.6 Å². The lowest BCUT2D eigenvalue weighted by atomic mass is 10.2. The van der Waals surface area contributed by atoms with Gasteiger partial charge in [-0.1, -0.05) is 25.0 Å². The molecule has 0 aliphatic carbocycles. The fourth-order valence-electron chi connectivity index (χ4n) is 2.50. The topological polar surface area (TPSA) is 72.7 Å². The maximum Gasteiger partial charge on any atom is 0.310 e. The molecule has 0 radical (unpaired) electrons. The summed E-state index contributed by atoms with van der Waals surface area (Å²) in [5, 5.41) is 11.0. The van der Waals surface area contributed by atoms with Gasteiger partial charge in [-0.3, -0.25) is 14.9 Å². The van der Waals surface area contributed by atoms with Crippen molar-refractivity contribution in [2.24, 2.45) is 0 Å². The first-order valence-corrected chi connectivity index (χ1v) is 7.28. The molecule has 0 bridgehead atoms. The van der Waals surface area contributed by atoms with E-state index in [0.29, 0.717) is 0 Å². The second kappa shape index (κ2) is 7.06. The summed E-state index contributed by atoms with van der Waals surface area (Å²) in [5.41, 5.74) is -0.118. The zero-order valence-electron chi connectivity index (χ0n) is 12.2. The fraction of sp³-hybridized carbons (Fsp3) is 0.533. The zero-order valence-corrected chi connectivity index (χ0v) is 12.2. The van der Waals surface area contributed by atoms with Crippen molar-refractivity contribution < 1.29 is 14.5 Å². The van der Waals surface area contributed by atoms with Crippen molar-refractivity contribution in [1.29, 1.82) is 0 Å². The van der Waals surface area contributed by atoms with Crippen LogP contribution in [0, 0.1) is 10.1 Å². The van der Waals surface area contributed by atoms with Gasteiger partial charge in [0, 0.05) is 19.2 Å². The van der Waals surface area contributed by atoms with Gasteiger partial charge in [-0.2, -0.15) is 0 Å². The molecule has 1 heterocycles. The van der Waals surface area contributed by atoms with E-state index in [9.17, 15) is 14.9 Å². The number of carbonyl (C=O) groups is 1. The molecule has 1 amide bonds. The molecule has 2 rings (SSSR count). The predicted octanol–water partition coefficient (Wildman–Crippen LogP) is 2.76. The lowest BCUT2D eigenvalue weighted by molar-refractivity contribution is -0.386. The third kappa shape index (κ3) is 3.93. The molecule has 1 saturated heterocycles. The minimum absolute atomic E-state index is 0.102. The van der Waals surface area contributed by atoms with Crippen molar-refractivity contribution in [3.8, 4) is 5.75 Å². The zero-order chi connectivity index (χ0) is 15.2. The Hall–Kier alpha value is -2.11. The molecule has 0 spiro atoms. The van der Waals surface area contributed by atoms with Crippen molar-refractivity contribution >= 4 is 11.6 Å². The van der Waals surface area contributed by atoms with Gasteiger partial charge >= 0.3 is 5.69 Å². The number of nitro benzene ring substituents is 1. The van der Waals surface area contributed by atoms with E-state index in [1.807, 2.05) is 0 Å². The molecular weight excluding hydrogens is 272 g/mol. The van der Waals surface area contributed by atoms with Crippen LogP contribution >= 0.6 is 0 Å². The average molecular weight is 292 g/mol. The predicted molar refractivity (Wildman–Crippen MR) is 78.2 cm³/mol. The molecule has 21 heavy (non-hydrogen) atoms. The number of benzene rings is 1. The van der Waals surface area contributed by atoms with Gasteiger partial charge in [-0.15, -0.1) is 0 Å². The molecule has 1 aromatic rings. The highest BCUT2D eigenvalue weighted by atomic mass is 16.6. The Balaban J connectivity index is 2.05. The molecule has 6 heteroatoms. The van der Waals surface area contributed by atoms with E-state index in [0.717, 1.165) is 38.8 Å². The maximum absolute atomic E-state index is 12.4. The normalized spacial score (nSPS) is 16.9. The van der Waals surface area contributed by atoms with Crippen molar-refractivity contribution in [2.45, 2.75) is 38.7 Å². The third-order valence-corrected chi connectivity index (χ3v) is 3.63. The molecule has 114 valence electrons. The fourth-order valence-corrected chi connectivity index (χ4v) is 2.50. The van der Waals surface area contributed by atoms with Gasteiger partial charge in [0.15, 0.2) is 11.9 Å². The van der Waals surface area contributed by atoms with Crippen LogP contribution in [0.3, 0.4) is 0 Å². The standard InChI is InChI=1S/C15H20N2O4/c1-12(15(18)16-10-6-2-3-7-11-16)21-14-9-5-4-8-13(14)17(19)20/h4-5,8-9,12H,2-3,6-7,10-11H2,1H3/t12-/m0/s1. The van der Waals surface area contributed by atoms with Crippen LogP contribution in [0.4, 0.5) is 5.69 Å². The van der Waals surface area contributed by atoms with Gasteiger partial charge in [0.2, 0.25) is 0 Å². The largest absolute Gasteiger partial charge is 0.474 e. The highest BCUT2D eigenvalue weighted by molar-refractivity contribution is 5.81. The van der Waals surface area contributed by atoms with E-state index in [2.05, 4.69) is 0 Å². The van der Waals surface area contributed by atoms with Crippen LogP contribution in [-0.2, 0) is 4.79 Å². The van der Waals surface area contributed by atoms with Gasteiger partial charge in [-0.25, -0.2) is 0 Å². The van der Waals surface area contributed by atoms with Crippen LogP contribution < -0.4 is 4.74 Å². The van der Waals surface area contributed by atoms with Gasteiger partial charge in [0.1, 0.15) is 0 Å². The van der Waals surface area contributed by atoms with Crippen molar-refractivity contribution in [3.63, 3.8) is 0 Å². The maximum atomic E-state index is 12.4. The first-order chi connectivity index (χ1) is 10.1. The summed E-state index contributed by atoms with van der Waals surface area (Å²) in [7, 11) is 0. The molecule has 0 saturated carbocycles. The third-order valence-electron chi connectivity index (χ3n) is 3.63. The summed E-state index contributed by atoms with van der Waals surface area (Å²) >= 11 is 0. The Labute approximate surface area is 123 Å². The number of nitro groups is 1. The van der Waals surface area contributed by atoms with Crippen LogP contribution in [0.15, 0.2) is 24.3 Å². The Bertz CT molecular complexity index is 510. The number of ether oxygens (including phenoxy) is 1. The highest BCUT2D eigenvalue weighted by Crippen LogP contribution is 2.27. The number of hydrogen-bond donors (Lipinski definition) is 0. The Morgan fingerprint density at radius 3 is 2.48 bits per heavy atom. The summed E-state index contributed by atoms with van der Waals surface area (Å²) < 4.78 is 5.53. The van der Waals surface area contributed by atoms with Crippen LogP contribution in [0.25, 0.3) is 0 Å². The summed E-state index contributed by atoms with van der Waals surface area (Å²) in [4.78, 5) is 24.6. The minimum Gasteiger partial charge on any atom is -0.474 e.